The Morgan fingerprint density at radius 2 is 0.731 bits per heavy atom. The minimum Gasteiger partial charge on any atom is -0.381 e. The van der Waals surface area contributed by atoms with Crippen molar-refractivity contribution < 1.29 is 4.74 Å². The van der Waals surface area contributed by atoms with Crippen LogP contribution in [0.4, 0.5) is 0 Å². The summed E-state index contributed by atoms with van der Waals surface area (Å²) in [6.45, 7) is 18.5. The summed E-state index contributed by atoms with van der Waals surface area (Å²) in [6, 6.07) is 0. The number of rotatable bonds is 18. The Kier molecular flexibility index (Phi) is 17.1. The van der Waals surface area contributed by atoms with Crippen molar-refractivity contribution in [3.63, 3.8) is 0 Å². The minimum atomic E-state index is 0.821. The molecular weight excluding hydrogens is 316 g/mol. The largest absolute Gasteiger partial charge is 0.381 e. The van der Waals surface area contributed by atoms with Gasteiger partial charge in [-0.2, -0.15) is 0 Å². The van der Waals surface area contributed by atoms with Crippen LogP contribution in [0.2, 0.25) is 0 Å². The standard InChI is InChI=1S/C25H52O/c1-21(2)11-8-13-23(5)15-10-16-25(7)18-20-26-19-17-24(6)14-9-12-22(3)4/h21-25H,8-20H2,1-7H3. The van der Waals surface area contributed by atoms with Crippen molar-refractivity contribution in [3.8, 4) is 0 Å². The molecule has 0 fully saturated rings. The number of hydrogen-bond acceptors (Lipinski definition) is 1. The Morgan fingerprint density at radius 1 is 0.423 bits per heavy atom. The van der Waals surface area contributed by atoms with E-state index in [9.17, 15) is 0 Å². The van der Waals surface area contributed by atoms with Gasteiger partial charge in [0.1, 0.15) is 0 Å². The quantitative estimate of drug-likeness (QED) is 0.220. The van der Waals surface area contributed by atoms with Gasteiger partial charge < -0.3 is 4.74 Å². The lowest BCUT2D eigenvalue weighted by Crippen LogP contribution is -2.07. The van der Waals surface area contributed by atoms with Gasteiger partial charge in [-0.1, -0.05) is 106 Å². The van der Waals surface area contributed by atoms with Crippen molar-refractivity contribution in [2.75, 3.05) is 13.2 Å². The maximum absolute atomic E-state index is 5.91. The van der Waals surface area contributed by atoms with Crippen LogP contribution in [0.15, 0.2) is 0 Å². The van der Waals surface area contributed by atoms with Crippen molar-refractivity contribution in [1.29, 1.82) is 0 Å². The van der Waals surface area contributed by atoms with E-state index >= 15 is 0 Å². The molecule has 0 heterocycles. The molecule has 3 atom stereocenters. The van der Waals surface area contributed by atoms with Gasteiger partial charge in [0.25, 0.3) is 0 Å². The van der Waals surface area contributed by atoms with Gasteiger partial charge in [0.2, 0.25) is 0 Å². The first-order valence-electron chi connectivity index (χ1n) is 11.9. The van der Waals surface area contributed by atoms with E-state index < -0.39 is 0 Å². The third-order valence-electron chi connectivity index (χ3n) is 5.86. The van der Waals surface area contributed by atoms with Crippen LogP contribution in [0.25, 0.3) is 0 Å². The van der Waals surface area contributed by atoms with Crippen LogP contribution in [-0.2, 0) is 4.74 Å². The second-order valence-electron chi connectivity index (χ2n) is 10.1. The monoisotopic (exact) mass is 368 g/mol. The maximum atomic E-state index is 5.91. The molecule has 0 spiro atoms. The molecule has 0 saturated carbocycles. The topological polar surface area (TPSA) is 9.23 Å². The molecule has 0 amide bonds. The Balaban J connectivity index is 3.44. The summed E-state index contributed by atoms with van der Waals surface area (Å²) >= 11 is 0. The Labute approximate surface area is 167 Å². The van der Waals surface area contributed by atoms with E-state index in [1.54, 1.807) is 0 Å². The molecule has 0 rings (SSSR count). The molecule has 3 unspecified atom stereocenters. The average molecular weight is 369 g/mol. The second-order valence-corrected chi connectivity index (χ2v) is 10.1. The lowest BCUT2D eigenvalue weighted by Gasteiger charge is -2.16. The van der Waals surface area contributed by atoms with E-state index in [-0.39, 0.29) is 0 Å². The van der Waals surface area contributed by atoms with Crippen LogP contribution in [0.5, 0.6) is 0 Å². The smallest absolute Gasteiger partial charge is 0.0468 e. The summed E-state index contributed by atoms with van der Waals surface area (Å²) in [6.07, 6.45) is 15.0. The number of hydrogen-bond donors (Lipinski definition) is 0. The molecule has 26 heavy (non-hydrogen) atoms. The highest BCUT2D eigenvalue weighted by Crippen LogP contribution is 2.20. The van der Waals surface area contributed by atoms with E-state index in [1.807, 2.05) is 0 Å². The van der Waals surface area contributed by atoms with Crippen molar-refractivity contribution in [2.45, 2.75) is 119 Å². The molecule has 0 aliphatic rings. The fourth-order valence-electron chi connectivity index (χ4n) is 3.67. The zero-order valence-electron chi connectivity index (χ0n) is 19.5. The first-order chi connectivity index (χ1) is 12.3. The zero-order chi connectivity index (χ0) is 19.8. The highest BCUT2D eigenvalue weighted by molar-refractivity contribution is 4.59. The third-order valence-corrected chi connectivity index (χ3v) is 5.86. The molecule has 0 N–H and O–H groups in total. The van der Waals surface area contributed by atoms with Crippen molar-refractivity contribution in [1.82, 2.24) is 0 Å². The van der Waals surface area contributed by atoms with Gasteiger partial charge in [0.05, 0.1) is 0 Å². The fourth-order valence-corrected chi connectivity index (χ4v) is 3.67. The Hall–Kier alpha value is -0.0400. The van der Waals surface area contributed by atoms with Gasteiger partial charge in [-0.3, -0.25) is 0 Å². The normalized spacial score (nSPS) is 15.6. The molecule has 0 bridgehead atoms. The van der Waals surface area contributed by atoms with Gasteiger partial charge in [-0.05, 0) is 42.4 Å². The summed E-state index contributed by atoms with van der Waals surface area (Å²) in [7, 11) is 0. The first-order valence-corrected chi connectivity index (χ1v) is 11.9. The van der Waals surface area contributed by atoms with Gasteiger partial charge in [0, 0.05) is 13.2 Å². The Morgan fingerprint density at radius 3 is 1.08 bits per heavy atom. The summed E-state index contributed by atoms with van der Waals surface area (Å²) in [5.41, 5.74) is 0. The van der Waals surface area contributed by atoms with Gasteiger partial charge in [-0.15, -0.1) is 0 Å². The molecule has 0 saturated heterocycles. The van der Waals surface area contributed by atoms with Crippen LogP contribution in [0.3, 0.4) is 0 Å². The molecule has 0 aromatic heterocycles. The highest BCUT2D eigenvalue weighted by atomic mass is 16.5. The molecule has 1 heteroatoms. The maximum Gasteiger partial charge on any atom is 0.0468 e. The van der Waals surface area contributed by atoms with Crippen molar-refractivity contribution in [2.24, 2.45) is 29.6 Å². The molecule has 0 aliphatic heterocycles. The van der Waals surface area contributed by atoms with Gasteiger partial charge in [-0.25, -0.2) is 0 Å². The number of ether oxygens (including phenoxy) is 1. The molecule has 0 aromatic rings. The predicted molar refractivity (Wildman–Crippen MR) is 119 cm³/mol. The van der Waals surface area contributed by atoms with Gasteiger partial charge in [0.15, 0.2) is 0 Å². The lowest BCUT2D eigenvalue weighted by atomic mass is 9.93. The molecule has 1 nitrogen and oxygen atoms in total. The predicted octanol–water partition coefficient (Wildman–Crippen LogP) is 8.51. The van der Waals surface area contributed by atoms with Crippen molar-refractivity contribution in [3.05, 3.63) is 0 Å². The second kappa shape index (κ2) is 17.1. The Bertz CT molecular complexity index is 284. The summed E-state index contributed by atoms with van der Waals surface area (Å²) in [5, 5.41) is 0. The van der Waals surface area contributed by atoms with Crippen LogP contribution < -0.4 is 0 Å². The summed E-state index contributed by atoms with van der Waals surface area (Å²) in [4.78, 5) is 0. The molecule has 0 aliphatic carbocycles. The molecule has 0 radical (unpaired) electrons. The zero-order valence-corrected chi connectivity index (χ0v) is 19.5. The fraction of sp³-hybridized carbons (Fsp3) is 1.00. The van der Waals surface area contributed by atoms with Crippen LogP contribution >= 0.6 is 0 Å². The van der Waals surface area contributed by atoms with E-state index in [4.69, 9.17) is 4.74 Å². The third kappa shape index (κ3) is 18.7. The highest BCUT2D eigenvalue weighted by Gasteiger charge is 2.07. The van der Waals surface area contributed by atoms with E-state index in [0.717, 1.165) is 42.8 Å². The van der Waals surface area contributed by atoms with E-state index in [2.05, 4.69) is 48.5 Å². The van der Waals surface area contributed by atoms with E-state index in [0.29, 0.717) is 0 Å². The van der Waals surface area contributed by atoms with Gasteiger partial charge >= 0.3 is 0 Å². The molecule has 0 aromatic carbocycles. The van der Waals surface area contributed by atoms with Crippen LogP contribution in [0.1, 0.15) is 119 Å². The minimum absolute atomic E-state index is 0.821. The molecular formula is C25H52O. The SMILES string of the molecule is CC(C)CCCC(C)CCCC(C)CCOCCC(C)CCCC(C)C. The average Bonchev–Trinajstić information content (AvgIpc) is 2.53. The first kappa shape index (κ1) is 26.0. The summed E-state index contributed by atoms with van der Waals surface area (Å²) in [5.74, 6) is 4.27. The van der Waals surface area contributed by atoms with Crippen molar-refractivity contribution >= 4 is 0 Å². The summed E-state index contributed by atoms with van der Waals surface area (Å²) < 4.78 is 5.91. The van der Waals surface area contributed by atoms with Crippen LogP contribution in [-0.4, -0.2) is 13.2 Å². The molecule has 158 valence electrons. The van der Waals surface area contributed by atoms with E-state index in [1.165, 1.54) is 70.6 Å². The van der Waals surface area contributed by atoms with Crippen LogP contribution in [0, 0.1) is 29.6 Å². The lowest BCUT2D eigenvalue weighted by molar-refractivity contribution is 0.108.